The number of aliphatic hydroxyl groups is 1. The lowest BCUT2D eigenvalue weighted by atomic mass is 9.69. The van der Waals surface area contributed by atoms with Gasteiger partial charge in [-0.2, -0.15) is 0 Å². The van der Waals surface area contributed by atoms with E-state index >= 15 is 0 Å². The topological polar surface area (TPSA) is 102 Å². The Labute approximate surface area is 178 Å². The smallest absolute Gasteiger partial charge is 0.322 e. The van der Waals surface area contributed by atoms with Gasteiger partial charge in [0, 0.05) is 6.04 Å². The van der Waals surface area contributed by atoms with E-state index in [1.54, 1.807) is 6.07 Å². The van der Waals surface area contributed by atoms with Crippen molar-refractivity contribution in [3.8, 4) is 5.75 Å². The highest BCUT2D eigenvalue weighted by Gasteiger charge is 2.53. The first-order valence-corrected chi connectivity index (χ1v) is 11.1. The molecule has 1 saturated carbocycles. The molecular weight excluding hydrogens is 382 g/mol. The molecule has 0 bridgehead atoms. The number of hydrogen-bond donors (Lipinski definition) is 4. The predicted molar refractivity (Wildman–Crippen MR) is 115 cm³/mol. The monoisotopic (exact) mass is 417 g/mol. The van der Waals surface area contributed by atoms with Gasteiger partial charge in [0.15, 0.2) is 0 Å². The van der Waals surface area contributed by atoms with Crippen molar-refractivity contribution in [2.24, 2.45) is 0 Å². The average molecular weight is 418 g/mol. The van der Waals surface area contributed by atoms with Crippen molar-refractivity contribution in [2.75, 3.05) is 13.6 Å². The van der Waals surface area contributed by atoms with Crippen molar-refractivity contribution in [1.29, 1.82) is 0 Å². The molecule has 7 heteroatoms. The number of phenols is 1. The second-order valence-electron chi connectivity index (χ2n) is 8.94. The zero-order chi connectivity index (χ0) is 21.9. The molecule has 1 aromatic rings. The Balaban J connectivity index is 1.82. The van der Waals surface area contributed by atoms with Crippen molar-refractivity contribution in [3.63, 3.8) is 0 Å². The summed E-state index contributed by atoms with van der Waals surface area (Å²) in [5, 5.41) is 26.7. The number of rotatable bonds is 8. The maximum atomic E-state index is 12.3. The number of likely N-dealkylation sites (N-methyl/N-ethyl adjacent to an activating group) is 1. The van der Waals surface area contributed by atoms with Crippen LogP contribution in [0, 0.1) is 0 Å². The van der Waals surface area contributed by atoms with E-state index in [9.17, 15) is 19.8 Å². The molecule has 1 saturated heterocycles. The summed E-state index contributed by atoms with van der Waals surface area (Å²) in [7, 11) is 2.02. The predicted octanol–water partition coefficient (Wildman–Crippen LogP) is 2.48. The van der Waals surface area contributed by atoms with E-state index in [1.807, 2.05) is 19.2 Å². The van der Waals surface area contributed by atoms with Crippen molar-refractivity contribution >= 4 is 11.9 Å². The van der Waals surface area contributed by atoms with E-state index in [0.29, 0.717) is 32.1 Å². The Morgan fingerprint density at radius 2 is 1.83 bits per heavy atom. The maximum Gasteiger partial charge on any atom is 0.322 e. The molecule has 1 aliphatic carbocycles. The number of carbonyl (C=O) groups is 2. The molecule has 2 fully saturated rings. The Morgan fingerprint density at radius 3 is 2.40 bits per heavy atom. The molecule has 0 radical (unpaired) electrons. The van der Waals surface area contributed by atoms with Gasteiger partial charge in [-0.15, -0.1) is 0 Å². The second-order valence-corrected chi connectivity index (χ2v) is 8.94. The van der Waals surface area contributed by atoms with E-state index in [1.165, 1.54) is 0 Å². The summed E-state index contributed by atoms with van der Waals surface area (Å²) in [5.74, 6) is -0.0121. The minimum atomic E-state index is -0.955. The van der Waals surface area contributed by atoms with Crippen LogP contribution in [0.15, 0.2) is 18.2 Å². The largest absolute Gasteiger partial charge is 0.508 e. The van der Waals surface area contributed by atoms with Gasteiger partial charge in [-0.3, -0.25) is 10.1 Å². The first-order chi connectivity index (χ1) is 14.2. The van der Waals surface area contributed by atoms with Gasteiger partial charge in [0.1, 0.15) is 11.3 Å². The van der Waals surface area contributed by atoms with Gasteiger partial charge in [-0.05, 0) is 81.8 Å². The summed E-state index contributed by atoms with van der Waals surface area (Å²) in [4.78, 5) is 26.1. The van der Waals surface area contributed by atoms with Crippen molar-refractivity contribution < 1.29 is 19.8 Å². The van der Waals surface area contributed by atoms with E-state index in [0.717, 1.165) is 36.9 Å². The molecule has 0 unspecified atom stereocenters. The Bertz CT molecular complexity index is 787. The van der Waals surface area contributed by atoms with Gasteiger partial charge in [0.05, 0.1) is 5.60 Å². The summed E-state index contributed by atoms with van der Waals surface area (Å²) >= 11 is 0. The van der Waals surface area contributed by atoms with Gasteiger partial charge < -0.3 is 20.4 Å². The van der Waals surface area contributed by atoms with Crippen LogP contribution < -0.4 is 10.6 Å². The van der Waals surface area contributed by atoms with Crippen molar-refractivity contribution in [1.82, 2.24) is 15.5 Å². The number of amides is 3. The number of imide groups is 1. The van der Waals surface area contributed by atoms with E-state index < -0.39 is 17.2 Å². The number of unbranched alkanes of at least 4 members (excludes halogenated alkanes) is 1. The second kappa shape index (κ2) is 8.94. The van der Waals surface area contributed by atoms with Crippen LogP contribution in [0.1, 0.15) is 63.5 Å². The summed E-state index contributed by atoms with van der Waals surface area (Å²) in [5.41, 5.74) is 0.435. The molecule has 166 valence electrons. The highest BCUT2D eigenvalue weighted by Crippen LogP contribution is 2.40. The van der Waals surface area contributed by atoms with Gasteiger partial charge in [0.2, 0.25) is 0 Å². The Kier molecular flexibility index (Phi) is 6.72. The minimum absolute atomic E-state index is 0.120. The molecule has 2 aliphatic rings. The molecule has 4 N–H and O–H groups in total. The molecule has 1 atom stereocenters. The highest BCUT2D eigenvalue weighted by molar-refractivity contribution is 6.07. The van der Waals surface area contributed by atoms with Crippen LogP contribution in [0.3, 0.4) is 0 Å². The fourth-order valence-corrected chi connectivity index (χ4v) is 4.92. The number of aryl methyl sites for hydroxylation is 1. The number of benzene rings is 1. The van der Waals surface area contributed by atoms with Crippen LogP contribution in [0.25, 0.3) is 0 Å². The lowest BCUT2D eigenvalue weighted by Crippen LogP contribution is -2.60. The van der Waals surface area contributed by atoms with Crippen LogP contribution in [-0.4, -0.2) is 57.8 Å². The number of nitrogens with one attached hydrogen (secondary N) is 2. The number of urea groups is 1. The number of aromatic hydroxyl groups is 1. The van der Waals surface area contributed by atoms with Crippen LogP contribution in [-0.2, 0) is 17.6 Å². The summed E-state index contributed by atoms with van der Waals surface area (Å²) in [6, 6.07) is 4.95. The average Bonchev–Trinajstić information content (AvgIpc) is 3.00. The Hall–Kier alpha value is -2.12. The van der Waals surface area contributed by atoms with Crippen molar-refractivity contribution in [3.05, 3.63) is 29.3 Å². The summed E-state index contributed by atoms with van der Waals surface area (Å²) < 4.78 is 0. The first-order valence-electron chi connectivity index (χ1n) is 11.1. The lowest BCUT2D eigenvalue weighted by molar-refractivity contribution is -0.130. The third-order valence-corrected chi connectivity index (χ3v) is 7.04. The maximum absolute atomic E-state index is 12.3. The molecule has 1 heterocycles. The highest BCUT2D eigenvalue weighted by atomic mass is 16.3. The van der Waals surface area contributed by atoms with Crippen LogP contribution in [0.2, 0.25) is 0 Å². The van der Waals surface area contributed by atoms with E-state index in [4.69, 9.17) is 0 Å². The zero-order valence-corrected chi connectivity index (χ0v) is 18.3. The van der Waals surface area contributed by atoms with Crippen LogP contribution in [0.5, 0.6) is 5.75 Å². The van der Waals surface area contributed by atoms with Crippen LogP contribution >= 0.6 is 0 Å². The molecule has 0 aromatic heterocycles. The van der Waals surface area contributed by atoms with Crippen molar-refractivity contribution in [2.45, 2.75) is 82.4 Å². The fraction of sp³-hybridized carbons (Fsp3) is 0.652. The molecule has 3 rings (SSSR count). The third-order valence-electron chi connectivity index (χ3n) is 7.04. The zero-order valence-electron chi connectivity index (χ0n) is 18.3. The molecular formula is C23H35N3O4. The molecule has 3 amide bonds. The third kappa shape index (κ3) is 4.47. The number of phenolic OH excluding ortho intramolecular Hbond substituents is 1. The van der Waals surface area contributed by atoms with E-state index in [-0.39, 0.29) is 17.7 Å². The molecule has 7 nitrogen and oxygen atoms in total. The normalized spacial score (nSPS) is 27.4. The number of nitrogens with zero attached hydrogens (tertiary/aromatic N) is 1. The molecule has 30 heavy (non-hydrogen) atoms. The van der Waals surface area contributed by atoms with Gasteiger partial charge >= 0.3 is 6.03 Å². The van der Waals surface area contributed by atoms with E-state index in [2.05, 4.69) is 29.4 Å². The Morgan fingerprint density at radius 1 is 1.13 bits per heavy atom. The molecule has 1 aromatic carbocycles. The minimum Gasteiger partial charge on any atom is -0.508 e. The fourth-order valence-electron chi connectivity index (χ4n) is 4.92. The van der Waals surface area contributed by atoms with Gasteiger partial charge in [-0.1, -0.05) is 26.3 Å². The molecule has 1 aliphatic heterocycles. The first kappa shape index (κ1) is 22.6. The standard InChI is InChI=1S/C23H35N3O4/c1-4-6-7-16-14-18(27)9-8-17(16)15-19(26(3)5-2)23(30)12-10-22(11-13-23)20(28)24-21(29)25-22/h8-9,14,19,27,30H,4-7,10-13,15H2,1-3H3,(H2,24,25,28,29)/t19-,22?,23?/m1/s1. The number of hydrogen-bond acceptors (Lipinski definition) is 5. The quantitative estimate of drug-likeness (QED) is 0.487. The summed E-state index contributed by atoms with van der Waals surface area (Å²) in [6.45, 7) is 5.01. The SMILES string of the molecule is CCCCc1cc(O)ccc1C[C@@H](N(C)CC)C1(O)CCC2(CC1)NC(=O)NC2=O. The number of carbonyl (C=O) groups excluding carboxylic acids is 2. The summed E-state index contributed by atoms with van der Waals surface area (Å²) in [6.07, 6.45) is 5.43. The molecule has 1 spiro atoms. The van der Waals surface area contributed by atoms with Gasteiger partial charge in [0.25, 0.3) is 5.91 Å². The van der Waals surface area contributed by atoms with Crippen LogP contribution in [0.4, 0.5) is 4.79 Å². The van der Waals surface area contributed by atoms with Gasteiger partial charge in [-0.25, -0.2) is 4.79 Å². The lowest BCUT2D eigenvalue weighted by Gasteiger charge is -2.47.